The van der Waals surface area contributed by atoms with Crippen LogP contribution in [0, 0.1) is 25.5 Å². The summed E-state index contributed by atoms with van der Waals surface area (Å²) in [7, 11) is 0. The van der Waals surface area contributed by atoms with E-state index in [-0.39, 0.29) is 35.8 Å². The molecule has 1 aromatic heterocycles. The summed E-state index contributed by atoms with van der Waals surface area (Å²) in [6.07, 6.45) is 1.77. The molecule has 2 aliphatic heterocycles. The van der Waals surface area contributed by atoms with Gasteiger partial charge < -0.3 is 10.1 Å². The molecule has 0 saturated carbocycles. The van der Waals surface area contributed by atoms with Gasteiger partial charge in [0.05, 0.1) is 28.5 Å². The van der Waals surface area contributed by atoms with Gasteiger partial charge in [-0.1, -0.05) is 54.1 Å². The van der Waals surface area contributed by atoms with E-state index in [4.69, 9.17) is 9.84 Å². The van der Waals surface area contributed by atoms with Gasteiger partial charge >= 0.3 is 0 Å². The molecule has 2 amide bonds. The number of carbonyl (C=O) groups is 2. The highest BCUT2D eigenvalue weighted by Gasteiger charge is 2.39. The summed E-state index contributed by atoms with van der Waals surface area (Å²) in [5.41, 5.74) is 4.85. The lowest BCUT2D eigenvalue weighted by molar-refractivity contribution is -0.123. The second-order valence-corrected chi connectivity index (χ2v) is 12.0. The first-order valence-corrected chi connectivity index (χ1v) is 15.4. The number of ether oxygens (including phenoxy) is 1. The molecule has 3 heterocycles. The molecule has 6 rings (SSSR count). The van der Waals surface area contributed by atoms with E-state index in [1.807, 2.05) is 62.4 Å². The molecule has 2 aliphatic rings. The van der Waals surface area contributed by atoms with Gasteiger partial charge in [-0.3, -0.25) is 14.5 Å². The number of nitrogens with one attached hydrogen (secondary N) is 1. The predicted octanol–water partition coefficient (Wildman–Crippen LogP) is 5.90. The van der Waals surface area contributed by atoms with Gasteiger partial charge in [0.2, 0.25) is 11.8 Å². The van der Waals surface area contributed by atoms with Gasteiger partial charge in [-0.15, -0.1) is 11.8 Å². The number of aryl methyl sites for hydroxylation is 2. The van der Waals surface area contributed by atoms with E-state index in [9.17, 15) is 14.0 Å². The van der Waals surface area contributed by atoms with Crippen LogP contribution in [0.5, 0.6) is 0 Å². The molecular formula is C33H32F2N4O3S. The molecule has 1 N–H and O–H groups in total. The second-order valence-electron chi connectivity index (χ2n) is 10.9. The van der Waals surface area contributed by atoms with Crippen molar-refractivity contribution in [1.29, 1.82) is 0 Å². The number of thioether (sulfide) groups is 1. The molecule has 0 aliphatic carbocycles. The zero-order chi connectivity index (χ0) is 30.1. The van der Waals surface area contributed by atoms with Crippen LogP contribution in [-0.2, 0) is 14.3 Å². The third kappa shape index (κ3) is 5.94. The van der Waals surface area contributed by atoms with Crippen LogP contribution in [0.3, 0.4) is 0 Å². The Morgan fingerprint density at radius 1 is 1.09 bits per heavy atom. The molecule has 4 aromatic rings. The van der Waals surface area contributed by atoms with Crippen molar-refractivity contribution in [3.8, 4) is 16.9 Å². The Bertz CT molecular complexity index is 1670. The van der Waals surface area contributed by atoms with Gasteiger partial charge in [0.25, 0.3) is 0 Å². The average Bonchev–Trinajstić information content (AvgIpc) is 3.62. The number of hydrogen-bond donors (Lipinski definition) is 1. The van der Waals surface area contributed by atoms with Crippen LogP contribution in [0.4, 0.5) is 14.6 Å². The van der Waals surface area contributed by atoms with E-state index >= 15 is 4.39 Å². The third-order valence-corrected chi connectivity index (χ3v) is 9.05. The molecule has 3 aromatic carbocycles. The minimum atomic E-state index is -0.711. The number of rotatable bonds is 7. The summed E-state index contributed by atoms with van der Waals surface area (Å²) in [5, 5.41) is 7.27. The van der Waals surface area contributed by atoms with Crippen LogP contribution in [0.25, 0.3) is 16.9 Å². The molecule has 0 bridgehead atoms. The summed E-state index contributed by atoms with van der Waals surface area (Å²) in [6, 6.07) is 18.9. The number of fused-ring (bicyclic) bond motifs is 1. The second kappa shape index (κ2) is 12.3. The molecule has 222 valence electrons. The highest BCUT2D eigenvalue weighted by Crippen LogP contribution is 2.49. The van der Waals surface area contributed by atoms with Crippen LogP contribution in [0.1, 0.15) is 40.3 Å². The maximum Gasteiger partial charge on any atom is 0.240 e. The Balaban J connectivity index is 1.55. The number of amides is 2. The monoisotopic (exact) mass is 602 g/mol. The first-order valence-electron chi connectivity index (χ1n) is 14.3. The first kappa shape index (κ1) is 29.1. The minimum absolute atomic E-state index is 0.0176. The molecule has 2 atom stereocenters. The number of carbonyl (C=O) groups excluding carboxylic acids is 2. The van der Waals surface area contributed by atoms with E-state index in [1.54, 1.807) is 4.68 Å². The van der Waals surface area contributed by atoms with Crippen molar-refractivity contribution in [2.24, 2.45) is 0 Å². The Morgan fingerprint density at radius 3 is 2.63 bits per heavy atom. The van der Waals surface area contributed by atoms with Crippen molar-refractivity contribution >= 4 is 29.4 Å². The van der Waals surface area contributed by atoms with Gasteiger partial charge in [0, 0.05) is 35.9 Å². The van der Waals surface area contributed by atoms with E-state index in [2.05, 4.69) is 5.32 Å². The van der Waals surface area contributed by atoms with E-state index in [1.165, 1.54) is 28.8 Å². The zero-order valence-electron chi connectivity index (χ0n) is 24.0. The smallest absolute Gasteiger partial charge is 0.240 e. The van der Waals surface area contributed by atoms with Crippen molar-refractivity contribution in [2.75, 3.05) is 30.3 Å². The third-order valence-electron chi connectivity index (χ3n) is 7.81. The Labute approximate surface area is 253 Å². The van der Waals surface area contributed by atoms with Gasteiger partial charge in [-0.2, -0.15) is 5.10 Å². The summed E-state index contributed by atoms with van der Waals surface area (Å²) >= 11 is 1.24. The average molecular weight is 603 g/mol. The van der Waals surface area contributed by atoms with Gasteiger partial charge in [0.1, 0.15) is 24.0 Å². The largest absolute Gasteiger partial charge is 0.376 e. The maximum atomic E-state index is 15.4. The highest BCUT2D eigenvalue weighted by atomic mass is 32.2. The summed E-state index contributed by atoms with van der Waals surface area (Å²) in [6.45, 7) is 4.74. The fourth-order valence-corrected chi connectivity index (χ4v) is 6.95. The van der Waals surface area contributed by atoms with E-state index in [0.29, 0.717) is 30.2 Å². The summed E-state index contributed by atoms with van der Waals surface area (Å²) in [4.78, 5) is 28.6. The minimum Gasteiger partial charge on any atom is -0.376 e. The van der Waals surface area contributed by atoms with Crippen molar-refractivity contribution in [2.45, 2.75) is 38.0 Å². The first-order chi connectivity index (χ1) is 20.8. The molecule has 1 saturated heterocycles. The van der Waals surface area contributed by atoms with Gasteiger partial charge in [0.15, 0.2) is 0 Å². The lowest BCUT2D eigenvalue weighted by atomic mass is 9.99. The normalized spacial score (nSPS) is 18.4. The Kier molecular flexibility index (Phi) is 8.32. The van der Waals surface area contributed by atoms with Crippen LogP contribution < -0.4 is 10.2 Å². The highest BCUT2D eigenvalue weighted by molar-refractivity contribution is 8.00. The SMILES string of the molecule is Cc1ccc(-n2nc(-c3ccccc3)c3c2N(CC(=O)NCC2CCCO2)C(=O)CSC3c2ccc(F)cc2F)c(C)c1. The Morgan fingerprint density at radius 2 is 1.91 bits per heavy atom. The van der Waals surface area contributed by atoms with Crippen LogP contribution >= 0.6 is 11.8 Å². The topological polar surface area (TPSA) is 76.5 Å². The van der Waals surface area contributed by atoms with Crippen molar-refractivity contribution < 1.29 is 23.1 Å². The molecule has 0 radical (unpaired) electrons. The molecule has 10 heteroatoms. The number of halogens is 2. The van der Waals surface area contributed by atoms with Crippen LogP contribution in [0.2, 0.25) is 0 Å². The van der Waals surface area contributed by atoms with Crippen molar-refractivity contribution in [3.63, 3.8) is 0 Å². The predicted molar refractivity (Wildman–Crippen MR) is 163 cm³/mol. The van der Waals surface area contributed by atoms with Crippen molar-refractivity contribution in [3.05, 3.63) is 101 Å². The summed E-state index contributed by atoms with van der Waals surface area (Å²) < 4.78 is 36.8. The maximum absolute atomic E-state index is 15.4. The molecule has 2 unspecified atom stereocenters. The molecule has 7 nitrogen and oxygen atoms in total. The molecular weight excluding hydrogens is 570 g/mol. The molecule has 1 fully saturated rings. The number of benzene rings is 3. The van der Waals surface area contributed by atoms with Crippen molar-refractivity contribution in [1.82, 2.24) is 15.1 Å². The van der Waals surface area contributed by atoms with Gasteiger partial charge in [-0.25, -0.2) is 13.5 Å². The number of nitrogens with zero attached hydrogens (tertiary/aromatic N) is 3. The molecule has 43 heavy (non-hydrogen) atoms. The van der Waals surface area contributed by atoms with Crippen LogP contribution in [0.15, 0.2) is 66.7 Å². The molecule has 0 spiro atoms. The fourth-order valence-electron chi connectivity index (χ4n) is 5.73. The zero-order valence-corrected chi connectivity index (χ0v) is 24.8. The Hall–Kier alpha value is -4.02. The lowest BCUT2D eigenvalue weighted by Crippen LogP contribution is -2.44. The quantitative estimate of drug-likeness (QED) is 0.285. The summed E-state index contributed by atoms with van der Waals surface area (Å²) in [5.74, 6) is -1.67. The fraction of sp³-hybridized carbons (Fsp3) is 0.303. The number of anilines is 1. The lowest BCUT2D eigenvalue weighted by Gasteiger charge is -2.24. The van der Waals surface area contributed by atoms with Gasteiger partial charge in [-0.05, 0) is 44.4 Å². The number of hydrogen-bond acceptors (Lipinski definition) is 5. The van der Waals surface area contributed by atoms with E-state index < -0.39 is 16.9 Å². The number of aromatic nitrogens is 2. The van der Waals surface area contributed by atoms with E-state index in [0.717, 1.165) is 41.3 Å². The van der Waals surface area contributed by atoms with Crippen LogP contribution in [-0.4, -0.2) is 53.1 Å². The standard InChI is InChI=1S/C33H32F2N4O3S/c1-20-10-13-27(21(2)15-20)39-33-30(31(37-39)22-7-4-3-5-8-22)32(25-12-11-23(34)16-26(25)35)43-19-29(41)38(33)18-28(40)36-17-24-9-6-14-42-24/h3-5,7-8,10-13,15-16,24,32H,6,9,14,17-19H2,1-2H3,(H,36,40).